The first kappa shape index (κ1) is 20.9. The first-order chi connectivity index (χ1) is 10.3. The van der Waals surface area contributed by atoms with Crippen LogP contribution in [0.1, 0.15) is 19.4 Å². The van der Waals surface area contributed by atoms with Crippen LogP contribution in [0, 0.1) is 5.92 Å². The summed E-state index contributed by atoms with van der Waals surface area (Å²) >= 11 is 0. The van der Waals surface area contributed by atoms with Crippen molar-refractivity contribution >= 4 is 29.9 Å². The predicted molar refractivity (Wildman–Crippen MR) is 105 cm³/mol. The summed E-state index contributed by atoms with van der Waals surface area (Å²) in [4.78, 5) is 4.54. The fraction of sp³-hybridized carbons (Fsp3) is 0.471. The smallest absolute Gasteiger partial charge is 0.191 e. The molecule has 0 aliphatic rings. The van der Waals surface area contributed by atoms with Crippen molar-refractivity contribution in [2.45, 2.75) is 20.5 Å². The summed E-state index contributed by atoms with van der Waals surface area (Å²) in [5, 5.41) is 6.39. The molecule has 0 saturated carbocycles. The highest BCUT2D eigenvalue weighted by atomic mass is 127. The number of halogens is 1. The molecule has 0 aromatic heterocycles. The Morgan fingerprint density at radius 2 is 2.05 bits per heavy atom. The van der Waals surface area contributed by atoms with Crippen molar-refractivity contribution in [3.8, 4) is 0 Å². The van der Waals surface area contributed by atoms with Crippen LogP contribution in [0.4, 0.5) is 0 Å². The molecule has 0 fully saturated rings. The molecule has 0 saturated heterocycles. The maximum Gasteiger partial charge on any atom is 0.191 e. The molecular formula is C17H28IN3O. The maximum absolute atomic E-state index is 5.73. The molecule has 0 amide bonds. The number of nitrogens with one attached hydrogen (secondary N) is 2. The minimum Gasteiger partial charge on any atom is -0.376 e. The van der Waals surface area contributed by atoms with Gasteiger partial charge in [-0.15, -0.1) is 30.6 Å². The van der Waals surface area contributed by atoms with Crippen LogP contribution in [0.5, 0.6) is 0 Å². The van der Waals surface area contributed by atoms with Crippen molar-refractivity contribution < 1.29 is 4.74 Å². The third-order valence-electron chi connectivity index (χ3n) is 2.83. The van der Waals surface area contributed by atoms with E-state index in [2.05, 4.69) is 48.2 Å². The summed E-state index contributed by atoms with van der Waals surface area (Å²) < 4.78 is 5.73. The molecule has 0 heterocycles. The zero-order valence-electron chi connectivity index (χ0n) is 13.5. The fourth-order valence-electron chi connectivity index (χ4n) is 1.76. The molecule has 2 N–H and O–H groups in total. The van der Waals surface area contributed by atoms with Crippen LogP contribution in [0.2, 0.25) is 0 Å². The van der Waals surface area contributed by atoms with Crippen LogP contribution < -0.4 is 10.6 Å². The number of nitrogens with zero attached hydrogens (tertiary/aromatic N) is 1. The van der Waals surface area contributed by atoms with Crippen molar-refractivity contribution in [1.29, 1.82) is 0 Å². The van der Waals surface area contributed by atoms with E-state index in [0.29, 0.717) is 25.7 Å². The van der Waals surface area contributed by atoms with E-state index in [-0.39, 0.29) is 24.0 Å². The van der Waals surface area contributed by atoms with Crippen LogP contribution in [0.3, 0.4) is 0 Å². The first-order valence-electron chi connectivity index (χ1n) is 7.51. The SMILES string of the molecule is C=CCNC(=NCC(C)COCc1ccccc1)NCC.I. The number of rotatable bonds is 9. The Balaban J connectivity index is 0.00000441. The van der Waals surface area contributed by atoms with Gasteiger partial charge in [-0.3, -0.25) is 4.99 Å². The molecule has 22 heavy (non-hydrogen) atoms. The lowest BCUT2D eigenvalue weighted by Gasteiger charge is -2.13. The lowest BCUT2D eigenvalue weighted by Crippen LogP contribution is -2.37. The molecule has 1 aromatic carbocycles. The molecule has 124 valence electrons. The summed E-state index contributed by atoms with van der Waals surface area (Å²) in [6, 6.07) is 10.2. The quantitative estimate of drug-likeness (QED) is 0.281. The van der Waals surface area contributed by atoms with Crippen molar-refractivity contribution in [2.24, 2.45) is 10.9 Å². The zero-order chi connectivity index (χ0) is 15.3. The van der Waals surface area contributed by atoms with Gasteiger partial charge in [-0.2, -0.15) is 0 Å². The summed E-state index contributed by atoms with van der Waals surface area (Å²) in [6.07, 6.45) is 1.82. The Morgan fingerprint density at radius 3 is 2.68 bits per heavy atom. The molecule has 0 radical (unpaired) electrons. The van der Waals surface area contributed by atoms with E-state index in [9.17, 15) is 0 Å². The van der Waals surface area contributed by atoms with Gasteiger partial charge in [0.1, 0.15) is 0 Å². The zero-order valence-corrected chi connectivity index (χ0v) is 15.9. The van der Waals surface area contributed by atoms with Crippen molar-refractivity contribution in [1.82, 2.24) is 10.6 Å². The van der Waals surface area contributed by atoms with Crippen molar-refractivity contribution in [3.05, 3.63) is 48.6 Å². The topological polar surface area (TPSA) is 45.7 Å². The van der Waals surface area contributed by atoms with Crippen molar-refractivity contribution in [2.75, 3.05) is 26.2 Å². The number of benzene rings is 1. The fourth-order valence-corrected chi connectivity index (χ4v) is 1.76. The molecule has 4 nitrogen and oxygen atoms in total. The number of hydrogen-bond donors (Lipinski definition) is 2. The molecule has 1 unspecified atom stereocenters. The summed E-state index contributed by atoms with van der Waals surface area (Å²) in [7, 11) is 0. The van der Waals surface area contributed by atoms with Crippen molar-refractivity contribution in [3.63, 3.8) is 0 Å². The minimum atomic E-state index is 0. The van der Waals surface area contributed by atoms with Crippen LogP contribution >= 0.6 is 24.0 Å². The Kier molecular flexibility index (Phi) is 12.9. The molecule has 1 rings (SSSR count). The molecular weight excluding hydrogens is 389 g/mol. The largest absolute Gasteiger partial charge is 0.376 e. The molecule has 0 spiro atoms. The Labute approximate surface area is 151 Å². The van der Waals surface area contributed by atoms with E-state index in [4.69, 9.17) is 4.74 Å². The van der Waals surface area contributed by atoms with Gasteiger partial charge in [-0.05, 0) is 18.4 Å². The second kappa shape index (κ2) is 13.6. The Hall–Kier alpha value is -1.08. The lowest BCUT2D eigenvalue weighted by atomic mass is 10.2. The van der Waals surface area contributed by atoms with Crippen LogP contribution in [0.15, 0.2) is 48.0 Å². The first-order valence-corrected chi connectivity index (χ1v) is 7.51. The molecule has 0 aliphatic carbocycles. The molecule has 5 heteroatoms. The maximum atomic E-state index is 5.73. The van der Waals surface area contributed by atoms with Crippen LogP contribution in [0.25, 0.3) is 0 Å². The summed E-state index contributed by atoms with van der Waals surface area (Å²) in [6.45, 7) is 11.6. The average molecular weight is 417 g/mol. The Bertz CT molecular complexity index is 423. The number of aliphatic imine (C=N–C) groups is 1. The van der Waals surface area contributed by atoms with Gasteiger partial charge < -0.3 is 15.4 Å². The highest BCUT2D eigenvalue weighted by molar-refractivity contribution is 14.0. The van der Waals surface area contributed by atoms with E-state index < -0.39 is 0 Å². The lowest BCUT2D eigenvalue weighted by molar-refractivity contribution is 0.0945. The summed E-state index contributed by atoms with van der Waals surface area (Å²) in [5.74, 6) is 1.21. The van der Waals surface area contributed by atoms with E-state index in [1.165, 1.54) is 5.56 Å². The second-order valence-electron chi connectivity index (χ2n) is 5.00. The van der Waals surface area contributed by atoms with Gasteiger partial charge in [0.25, 0.3) is 0 Å². The standard InChI is InChI=1S/C17H27N3O.HI/c1-4-11-19-17(18-5-2)20-12-15(3)13-21-14-16-9-7-6-8-10-16;/h4,6-10,15H,1,5,11-14H2,2-3H3,(H2,18,19,20);1H. The second-order valence-corrected chi connectivity index (χ2v) is 5.00. The number of hydrogen-bond acceptors (Lipinski definition) is 2. The third-order valence-corrected chi connectivity index (χ3v) is 2.83. The highest BCUT2D eigenvalue weighted by Crippen LogP contribution is 2.03. The third kappa shape index (κ3) is 9.78. The van der Waals surface area contributed by atoms with E-state index in [0.717, 1.165) is 19.0 Å². The van der Waals surface area contributed by atoms with Gasteiger partial charge in [0, 0.05) is 19.6 Å². The molecule has 1 aromatic rings. The average Bonchev–Trinajstić information content (AvgIpc) is 2.51. The van der Waals surface area contributed by atoms with Gasteiger partial charge in [0.15, 0.2) is 5.96 Å². The van der Waals surface area contributed by atoms with Crippen LogP contribution in [-0.2, 0) is 11.3 Å². The molecule has 0 aliphatic heterocycles. The van der Waals surface area contributed by atoms with E-state index >= 15 is 0 Å². The predicted octanol–water partition coefficient (Wildman–Crippen LogP) is 3.20. The van der Waals surface area contributed by atoms with Gasteiger partial charge in [0.05, 0.1) is 13.2 Å². The van der Waals surface area contributed by atoms with Gasteiger partial charge in [-0.25, -0.2) is 0 Å². The molecule has 1 atom stereocenters. The summed E-state index contributed by atoms with van der Waals surface area (Å²) in [5.41, 5.74) is 1.20. The number of guanidine groups is 1. The highest BCUT2D eigenvalue weighted by Gasteiger charge is 2.03. The molecule has 0 bridgehead atoms. The van der Waals surface area contributed by atoms with E-state index in [1.807, 2.05) is 24.3 Å². The van der Waals surface area contributed by atoms with Gasteiger partial charge in [-0.1, -0.05) is 43.3 Å². The normalized spacial score (nSPS) is 12.2. The van der Waals surface area contributed by atoms with Crippen LogP contribution in [-0.4, -0.2) is 32.2 Å². The number of ether oxygens (including phenoxy) is 1. The Morgan fingerprint density at radius 1 is 1.32 bits per heavy atom. The minimum absolute atomic E-state index is 0. The van der Waals surface area contributed by atoms with Gasteiger partial charge in [0.2, 0.25) is 0 Å². The monoisotopic (exact) mass is 417 g/mol. The van der Waals surface area contributed by atoms with E-state index in [1.54, 1.807) is 0 Å². The van der Waals surface area contributed by atoms with Gasteiger partial charge >= 0.3 is 0 Å².